The summed E-state index contributed by atoms with van der Waals surface area (Å²) in [5, 5.41) is 23.3. The van der Waals surface area contributed by atoms with Gasteiger partial charge in [0.25, 0.3) is 5.91 Å². The van der Waals surface area contributed by atoms with E-state index in [1.54, 1.807) is 12.1 Å². The Morgan fingerprint density at radius 1 is 1.25 bits per heavy atom. The van der Waals surface area contributed by atoms with E-state index in [1.807, 2.05) is 19.2 Å². The Labute approximate surface area is 117 Å². The maximum absolute atomic E-state index is 12.0. The molecule has 1 aromatic rings. The molecule has 0 aliphatic carbocycles. The fourth-order valence-corrected chi connectivity index (χ4v) is 1.76. The SMILES string of the molecule is CNCCc1ccccc1C(=O)NCCC(O)C(=O)O. The first-order valence-corrected chi connectivity index (χ1v) is 6.47. The predicted octanol–water partition coefficient (Wildman–Crippen LogP) is 0.0139. The summed E-state index contributed by atoms with van der Waals surface area (Å²) in [4.78, 5) is 22.5. The van der Waals surface area contributed by atoms with Crippen molar-refractivity contribution in [1.29, 1.82) is 0 Å². The van der Waals surface area contributed by atoms with E-state index in [0.29, 0.717) is 5.56 Å². The number of nitrogens with one attached hydrogen (secondary N) is 2. The zero-order valence-corrected chi connectivity index (χ0v) is 11.4. The smallest absolute Gasteiger partial charge is 0.332 e. The summed E-state index contributed by atoms with van der Waals surface area (Å²) in [6, 6.07) is 7.27. The van der Waals surface area contributed by atoms with Gasteiger partial charge in [-0.1, -0.05) is 18.2 Å². The van der Waals surface area contributed by atoms with Crippen LogP contribution in [0.1, 0.15) is 22.3 Å². The molecule has 20 heavy (non-hydrogen) atoms. The molecule has 1 unspecified atom stereocenters. The molecule has 0 aliphatic rings. The van der Waals surface area contributed by atoms with Crippen LogP contribution in [0.2, 0.25) is 0 Å². The molecule has 6 heteroatoms. The Morgan fingerprint density at radius 2 is 1.95 bits per heavy atom. The minimum atomic E-state index is -1.45. The molecule has 0 saturated carbocycles. The molecular formula is C14H20N2O4. The van der Waals surface area contributed by atoms with Crippen molar-refractivity contribution in [2.75, 3.05) is 20.1 Å². The van der Waals surface area contributed by atoms with E-state index in [0.717, 1.165) is 18.5 Å². The van der Waals surface area contributed by atoms with Crippen LogP contribution in [0.4, 0.5) is 0 Å². The molecule has 0 aliphatic heterocycles. The topological polar surface area (TPSA) is 98.7 Å². The van der Waals surface area contributed by atoms with Crippen LogP contribution >= 0.6 is 0 Å². The zero-order valence-electron chi connectivity index (χ0n) is 11.4. The first-order valence-electron chi connectivity index (χ1n) is 6.47. The van der Waals surface area contributed by atoms with Crippen molar-refractivity contribution in [2.45, 2.75) is 18.9 Å². The minimum Gasteiger partial charge on any atom is -0.479 e. The molecule has 1 atom stereocenters. The van der Waals surface area contributed by atoms with Crippen LogP contribution < -0.4 is 10.6 Å². The molecule has 6 nitrogen and oxygen atoms in total. The number of carbonyl (C=O) groups excluding carboxylic acids is 1. The van der Waals surface area contributed by atoms with Crippen LogP contribution in [0.3, 0.4) is 0 Å². The molecule has 0 bridgehead atoms. The molecule has 1 amide bonds. The summed E-state index contributed by atoms with van der Waals surface area (Å²) in [5.41, 5.74) is 1.51. The molecule has 0 fully saturated rings. The van der Waals surface area contributed by atoms with E-state index >= 15 is 0 Å². The third kappa shape index (κ3) is 4.99. The van der Waals surface area contributed by atoms with Gasteiger partial charge in [-0.05, 0) is 31.6 Å². The van der Waals surface area contributed by atoms with Crippen molar-refractivity contribution < 1.29 is 19.8 Å². The number of amides is 1. The van der Waals surface area contributed by atoms with Gasteiger partial charge in [0, 0.05) is 18.5 Å². The van der Waals surface area contributed by atoms with Crippen molar-refractivity contribution in [3.05, 3.63) is 35.4 Å². The van der Waals surface area contributed by atoms with Crippen LogP contribution in [0.15, 0.2) is 24.3 Å². The third-order valence-electron chi connectivity index (χ3n) is 2.89. The van der Waals surface area contributed by atoms with Crippen molar-refractivity contribution in [3.63, 3.8) is 0 Å². The molecule has 0 saturated heterocycles. The van der Waals surface area contributed by atoms with Crippen molar-refractivity contribution in [2.24, 2.45) is 0 Å². The minimum absolute atomic E-state index is 0.0141. The van der Waals surface area contributed by atoms with Gasteiger partial charge in [-0.15, -0.1) is 0 Å². The molecule has 0 spiro atoms. The van der Waals surface area contributed by atoms with Crippen molar-refractivity contribution in [3.8, 4) is 0 Å². The van der Waals surface area contributed by atoms with Gasteiger partial charge in [0.05, 0.1) is 0 Å². The number of aliphatic carboxylic acids is 1. The number of carboxylic acids is 1. The molecule has 110 valence electrons. The number of aliphatic hydroxyl groups is 1. The second-order valence-corrected chi connectivity index (χ2v) is 4.41. The van der Waals surface area contributed by atoms with Crippen LogP contribution in [-0.4, -0.2) is 48.3 Å². The van der Waals surface area contributed by atoms with Crippen LogP contribution in [0, 0.1) is 0 Å². The Bertz CT molecular complexity index is 462. The third-order valence-corrected chi connectivity index (χ3v) is 2.89. The lowest BCUT2D eigenvalue weighted by atomic mass is 10.0. The van der Waals surface area contributed by atoms with Gasteiger partial charge in [-0.25, -0.2) is 4.79 Å². The highest BCUT2D eigenvalue weighted by Crippen LogP contribution is 2.09. The van der Waals surface area contributed by atoms with Gasteiger partial charge in [0.1, 0.15) is 0 Å². The molecule has 1 aromatic carbocycles. The summed E-state index contributed by atoms with van der Waals surface area (Å²) in [5.74, 6) is -1.54. The fraction of sp³-hybridized carbons (Fsp3) is 0.429. The number of hydrogen-bond acceptors (Lipinski definition) is 4. The standard InChI is InChI=1S/C14H20N2O4/c1-15-8-6-10-4-2-3-5-11(10)13(18)16-9-7-12(17)14(19)20/h2-5,12,15,17H,6-9H2,1H3,(H,16,18)(H,19,20). The summed E-state index contributed by atoms with van der Waals surface area (Å²) < 4.78 is 0. The predicted molar refractivity (Wildman–Crippen MR) is 74.7 cm³/mol. The number of carbonyl (C=O) groups is 2. The average Bonchev–Trinajstić information content (AvgIpc) is 2.45. The van der Waals surface area contributed by atoms with Gasteiger partial charge in [-0.2, -0.15) is 0 Å². The Hall–Kier alpha value is -1.92. The lowest BCUT2D eigenvalue weighted by Crippen LogP contribution is -2.30. The molecular weight excluding hydrogens is 260 g/mol. The fourth-order valence-electron chi connectivity index (χ4n) is 1.76. The number of hydrogen-bond donors (Lipinski definition) is 4. The summed E-state index contributed by atoms with van der Waals surface area (Å²) in [6.07, 6.45) is -0.729. The zero-order chi connectivity index (χ0) is 15.0. The van der Waals surface area contributed by atoms with Gasteiger partial charge in [0.15, 0.2) is 6.10 Å². The van der Waals surface area contributed by atoms with Crippen molar-refractivity contribution >= 4 is 11.9 Å². The maximum Gasteiger partial charge on any atom is 0.332 e. The average molecular weight is 280 g/mol. The Balaban J connectivity index is 2.56. The highest BCUT2D eigenvalue weighted by Gasteiger charge is 2.14. The first-order chi connectivity index (χ1) is 9.56. The van der Waals surface area contributed by atoms with Gasteiger partial charge < -0.3 is 20.8 Å². The molecule has 4 N–H and O–H groups in total. The number of likely N-dealkylation sites (N-methyl/N-ethyl adjacent to an activating group) is 1. The quantitative estimate of drug-likeness (QED) is 0.538. The highest BCUT2D eigenvalue weighted by atomic mass is 16.4. The lowest BCUT2D eigenvalue weighted by molar-refractivity contribution is -0.146. The van der Waals surface area contributed by atoms with Crippen LogP contribution in [-0.2, 0) is 11.2 Å². The molecule has 0 heterocycles. The molecule has 0 radical (unpaired) electrons. The highest BCUT2D eigenvalue weighted by molar-refractivity contribution is 5.95. The molecule has 1 rings (SSSR count). The largest absolute Gasteiger partial charge is 0.479 e. The number of benzene rings is 1. The van der Waals surface area contributed by atoms with Gasteiger partial charge >= 0.3 is 5.97 Å². The number of rotatable bonds is 8. The van der Waals surface area contributed by atoms with Crippen LogP contribution in [0.5, 0.6) is 0 Å². The summed E-state index contributed by atoms with van der Waals surface area (Å²) >= 11 is 0. The van der Waals surface area contributed by atoms with E-state index in [9.17, 15) is 9.59 Å². The van der Waals surface area contributed by atoms with E-state index in [4.69, 9.17) is 10.2 Å². The van der Waals surface area contributed by atoms with E-state index in [-0.39, 0.29) is 18.9 Å². The Kier molecular flexibility index (Phi) is 6.69. The lowest BCUT2D eigenvalue weighted by Gasteiger charge is -2.11. The van der Waals surface area contributed by atoms with Crippen molar-refractivity contribution in [1.82, 2.24) is 10.6 Å². The van der Waals surface area contributed by atoms with E-state index in [2.05, 4.69) is 10.6 Å². The molecule has 0 aromatic heterocycles. The second kappa shape index (κ2) is 8.29. The van der Waals surface area contributed by atoms with Gasteiger partial charge in [0.2, 0.25) is 0 Å². The number of aliphatic hydroxyl groups excluding tert-OH is 1. The Morgan fingerprint density at radius 3 is 2.60 bits per heavy atom. The van der Waals surface area contributed by atoms with E-state index < -0.39 is 12.1 Å². The summed E-state index contributed by atoms with van der Waals surface area (Å²) in [7, 11) is 1.84. The first kappa shape index (κ1) is 16.1. The maximum atomic E-state index is 12.0. The van der Waals surface area contributed by atoms with E-state index in [1.165, 1.54) is 0 Å². The monoisotopic (exact) mass is 280 g/mol. The normalized spacial score (nSPS) is 11.9. The summed E-state index contributed by atoms with van der Waals surface area (Å²) in [6.45, 7) is 0.884. The van der Waals surface area contributed by atoms with Crippen LogP contribution in [0.25, 0.3) is 0 Å². The van der Waals surface area contributed by atoms with Gasteiger partial charge in [-0.3, -0.25) is 4.79 Å². The number of carboxylic acid groups (broad SMARTS) is 1. The second-order valence-electron chi connectivity index (χ2n) is 4.41.